The molecule has 4 rings (SSSR count). The Hall–Kier alpha value is -3.87. The van der Waals surface area contributed by atoms with E-state index < -0.39 is 17.0 Å². The van der Waals surface area contributed by atoms with Gasteiger partial charge < -0.3 is 18.8 Å². The van der Waals surface area contributed by atoms with E-state index in [4.69, 9.17) is 8.83 Å². The summed E-state index contributed by atoms with van der Waals surface area (Å²) >= 11 is 0. The molecule has 0 unspecified atom stereocenters. The SMILES string of the molecule is CCN(CC)c1ccc2cc(C(=O)c3cc4ccc(O)cc4oc3=O)c(=O)oc2c1. The average Bonchev–Trinajstić information content (AvgIpc) is 2.73. The second kappa shape index (κ2) is 7.51. The van der Waals surface area contributed by atoms with E-state index >= 15 is 0 Å². The standard InChI is InChI=1S/C23H19NO6/c1-3-24(4-2)15-7-5-13-9-17(22(27)29-19(13)11-15)21(26)18-10-14-6-8-16(25)12-20(14)30-23(18)28/h5-12,25H,3-4H2,1-2H3. The third-order valence-corrected chi connectivity index (χ3v) is 5.06. The minimum atomic E-state index is -0.894. The molecule has 2 aromatic heterocycles. The van der Waals surface area contributed by atoms with E-state index in [0.717, 1.165) is 18.8 Å². The number of carbonyl (C=O) groups excluding carboxylic acids is 1. The van der Waals surface area contributed by atoms with Gasteiger partial charge in [0, 0.05) is 41.7 Å². The minimum absolute atomic E-state index is 0.0658. The Bertz CT molecular complexity index is 1390. The molecule has 2 aromatic carbocycles. The first-order valence-electron chi connectivity index (χ1n) is 9.55. The molecule has 2 heterocycles. The van der Waals surface area contributed by atoms with E-state index in [1.807, 2.05) is 19.9 Å². The molecule has 0 saturated heterocycles. The number of benzene rings is 2. The molecule has 0 radical (unpaired) electrons. The van der Waals surface area contributed by atoms with Gasteiger partial charge in [-0.1, -0.05) is 0 Å². The molecule has 0 aliphatic carbocycles. The number of hydrogen-bond acceptors (Lipinski definition) is 7. The van der Waals surface area contributed by atoms with Gasteiger partial charge in [-0.2, -0.15) is 0 Å². The van der Waals surface area contributed by atoms with E-state index in [9.17, 15) is 19.5 Å². The summed E-state index contributed by atoms with van der Waals surface area (Å²) in [6.07, 6.45) is 0. The highest BCUT2D eigenvalue weighted by Gasteiger charge is 2.21. The van der Waals surface area contributed by atoms with E-state index in [1.54, 1.807) is 12.1 Å². The summed E-state index contributed by atoms with van der Waals surface area (Å²) in [6.45, 7) is 5.67. The van der Waals surface area contributed by atoms with Crippen LogP contribution in [0.2, 0.25) is 0 Å². The second-order valence-electron chi connectivity index (χ2n) is 6.84. The number of anilines is 1. The van der Waals surface area contributed by atoms with Gasteiger partial charge in [0.15, 0.2) is 0 Å². The summed E-state index contributed by atoms with van der Waals surface area (Å²) in [5.74, 6) is -0.842. The van der Waals surface area contributed by atoms with Crippen LogP contribution in [0.15, 0.2) is 67.0 Å². The van der Waals surface area contributed by atoms with Crippen LogP contribution in [-0.2, 0) is 0 Å². The fraction of sp³-hybridized carbons (Fsp3) is 0.174. The number of phenolic OH excluding ortho intramolecular Hbond substituents is 1. The Kier molecular flexibility index (Phi) is 4.87. The topological polar surface area (TPSA) is 101 Å². The van der Waals surface area contributed by atoms with Crippen molar-refractivity contribution in [1.82, 2.24) is 0 Å². The monoisotopic (exact) mass is 405 g/mol. The summed E-state index contributed by atoms with van der Waals surface area (Å²) in [5.41, 5.74) is -0.826. The van der Waals surface area contributed by atoms with Crippen molar-refractivity contribution in [2.75, 3.05) is 18.0 Å². The summed E-state index contributed by atoms with van der Waals surface area (Å²) in [6, 6.07) is 12.4. The number of ketones is 1. The Morgan fingerprint density at radius 1 is 0.833 bits per heavy atom. The number of rotatable bonds is 5. The maximum atomic E-state index is 12.9. The van der Waals surface area contributed by atoms with Crippen molar-refractivity contribution < 1.29 is 18.7 Å². The number of hydrogen-bond donors (Lipinski definition) is 1. The maximum Gasteiger partial charge on any atom is 0.347 e. The summed E-state index contributed by atoms with van der Waals surface area (Å²) < 4.78 is 10.5. The van der Waals surface area contributed by atoms with Crippen molar-refractivity contribution in [3.8, 4) is 5.75 Å². The summed E-state index contributed by atoms with van der Waals surface area (Å²) in [4.78, 5) is 39.9. The molecule has 0 amide bonds. The van der Waals surface area contributed by atoms with Gasteiger partial charge in [0.05, 0.1) is 0 Å². The first-order valence-corrected chi connectivity index (χ1v) is 9.55. The van der Waals surface area contributed by atoms with Gasteiger partial charge in [0.25, 0.3) is 0 Å². The van der Waals surface area contributed by atoms with Gasteiger partial charge in [-0.15, -0.1) is 0 Å². The molecular weight excluding hydrogens is 386 g/mol. The Labute approximate surface area is 170 Å². The number of phenols is 1. The lowest BCUT2D eigenvalue weighted by Crippen LogP contribution is -2.22. The Morgan fingerprint density at radius 2 is 1.37 bits per heavy atom. The molecule has 152 valence electrons. The van der Waals surface area contributed by atoms with Crippen LogP contribution in [0.25, 0.3) is 21.9 Å². The highest BCUT2D eigenvalue weighted by Crippen LogP contribution is 2.23. The Morgan fingerprint density at radius 3 is 1.93 bits per heavy atom. The van der Waals surface area contributed by atoms with Crippen LogP contribution in [0, 0.1) is 0 Å². The van der Waals surface area contributed by atoms with Crippen LogP contribution < -0.4 is 16.2 Å². The van der Waals surface area contributed by atoms with Gasteiger partial charge in [-0.05, 0) is 50.2 Å². The van der Waals surface area contributed by atoms with Gasteiger partial charge in [0.1, 0.15) is 28.0 Å². The number of nitrogens with zero attached hydrogens (tertiary/aromatic N) is 1. The predicted octanol–water partition coefficient (Wildman–Crippen LogP) is 3.68. The fourth-order valence-corrected chi connectivity index (χ4v) is 3.45. The number of aromatic hydroxyl groups is 1. The van der Waals surface area contributed by atoms with Crippen molar-refractivity contribution in [2.24, 2.45) is 0 Å². The van der Waals surface area contributed by atoms with Gasteiger partial charge >= 0.3 is 11.3 Å². The molecule has 0 atom stereocenters. The Balaban J connectivity index is 1.81. The van der Waals surface area contributed by atoms with Crippen LogP contribution in [0.3, 0.4) is 0 Å². The van der Waals surface area contributed by atoms with Crippen molar-refractivity contribution in [2.45, 2.75) is 13.8 Å². The van der Waals surface area contributed by atoms with Crippen LogP contribution in [0.5, 0.6) is 5.75 Å². The highest BCUT2D eigenvalue weighted by molar-refractivity contribution is 6.10. The van der Waals surface area contributed by atoms with Crippen molar-refractivity contribution in [3.05, 3.63) is 80.5 Å². The third kappa shape index (κ3) is 3.34. The molecule has 0 aliphatic rings. The molecule has 1 N–H and O–H groups in total. The fourth-order valence-electron chi connectivity index (χ4n) is 3.45. The molecule has 0 spiro atoms. The zero-order valence-corrected chi connectivity index (χ0v) is 16.5. The van der Waals surface area contributed by atoms with Gasteiger partial charge in [-0.3, -0.25) is 4.79 Å². The molecule has 0 bridgehead atoms. The molecule has 4 aromatic rings. The summed E-state index contributed by atoms with van der Waals surface area (Å²) in [7, 11) is 0. The van der Waals surface area contributed by atoms with Crippen molar-refractivity contribution in [1.29, 1.82) is 0 Å². The van der Waals surface area contributed by atoms with E-state index in [1.165, 1.54) is 30.3 Å². The van der Waals surface area contributed by atoms with Gasteiger partial charge in [0.2, 0.25) is 5.78 Å². The van der Waals surface area contributed by atoms with Crippen molar-refractivity contribution >= 4 is 33.4 Å². The zero-order valence-electron chi connectivity index (χ0n) is 16.5. The van der Waals surface area contributed by atoms with Crippen LogP contribution in [0.1, 0.15) is 29.8 Å². The first-order chi connectivity index (χ1) is 14.4. The molecule has 30 heavy (non-hydrogen) atoms. The smallest absolute Gasteiger partial charge is 0.347 e. The predicted molar refractivity (Wildman–Crippen MR) is 114 cm³/mol. The maximum absolute atomic E-state index is 12.9. The first kappa shape index (κ1) is 19.4. The number of fused-ring (bicyclic) bond motifs is 2. The third-order valence-electron chi connectivity index (χ3n) is 5.06. The largest absolute Gasteiger partial charge is 0.508 e. The highest BCUT2D eigenvalue weighted by atomic mass is 16.4. The normalized spacial score (nSPS) is 11.1. The quantitative estimate of drug-likeness (QED) is 0.399. The molecule has 7 nitrogen and oxygen atoms in total. The molecular formula is C23H19NO6. The van der Waals surface area contributed by atoms with Crippen molar-refractivity contribution in [3.63, 3.8) is 0 Å². The second-order valence-corrected chi connectivity index (χ2v) is 6.84. The van der Waals surface area contributed by atoms with E-state index in [-0.39, 0.29) is 22.5 Å². The zero-order chi connectivity index (χ0) is 21.4. The van der Waals surface area contributed by atoms with E-state index in [0.29, 0.717) is 16.4 Å². The molecule has 0 aliphatic heterocycles. The van der Waals surface area contributed by atoms with Crippen LogP contribution in [-0.4, -0.2) is 24.0 Å². The minimum Gasteiger partial charge on any atom is -0.508 e. The lowest BCUT2D eigenvalue weighted by Gasteiger charge is -2.20. The lowest BCUT2D eigenvalue weighted by molar-refractivity contribution is 0.103. The summed E-state index contributed by atoms with van der Waals surface area (Å²) in [5, 5.41) is 10.5. The van der Waals surface area contributed by atoms with Crippen LogP contribution >= 0.6 is 0 Å². The lowest BCUT2D eigenvalue weighted by atomic mass is 10.0. The molecule has 7 heteroatoms. The molecule has 0 saturated carbocycles. The van der Waals surface area contributed by atoms with Crippen LogP contribution in [0.4, 0.5) is 5.69 Å². The average molecular weight is 405 g/mol. The number of carbonyl (C=O) groups is 1. The molecule has 0 fully saturated rings. The van der Waals surface area contributed by atoms with E-state index in [2.05, 4.69) is 4.90 Å². The van der Waals surface area contributed by atoms with Gasteiger partial charge in [-0.25, -0.2) is 9.59 Å².